The van der Waals surface area contributed by atoms with Gasteiger partial charge in [0, 0.05) is 25.2 Å². The Kier molecular flexibility index (Phi) is 4.87. The predicted molar refractivity (Wildman–Crippen MR) is 93.2 cm³/mol. The third kappa shape index (κ3) is 3.88. The maximum Gasteiger partial charge on any atom is 0.240 e. The first-order valence-electron chi connectivity index (χ1n) is 7.98. The molecule has 0 radical (unpaired) electrons. The molecule has 0 spiro atoms. The van der Waals surface area contributed by atoms with Crippen LogP contribution in [0.4, 0.5) is 10.1 Å². The molecule has 1 amide bonds. The van der Waals surface area contributed by atoms with E-state index in [1.165, 1.54) is 12.1 Å². The van der Waals surface area contributed by atoms with Gasteiger partial charge in [0.1, 0.15) is 5.82 Å². The van der Waals surface area contributed by atoms with Crippen LogP contribution in [0.3, 0.4) is 0 Å². The fraction of sp³-hybridized carbons (Fsp3) is 0.278. The molecule has 0 saturated carbocycles. The summed E-state index contributed by atoms with van der Waals surface area (Å²) >= 11 is 0. The number of carbonyl (C=O) groups is 1. The molecule has 1 aliphatic rings. The molecule has 7 heteroatoms. The van der Waals surface area contributed by atoms with E-state index in [1.54, 1.807) is 11.8 Å². The molecule has 1 fully saturated rings. The Labute approximate surface area is 146 Å². The van der Waals surface area contributed by atoms with Gasteiger partial charge in [-0.2, -0.15) is 0 Å². The quantitative estimate of drug-likeness (QED) is 0.889. The van der Waals surface area contributed by atoms with Gasteiger partial charge in [-0.1, -0.05) is 18.2 Å². The van der Waals surface area contributed by atoms with Crippen molar-refractivity contribution in [2.45, 2.75) is 18.2 Å². The zero-order valence-electron chi connectivity index (χ0n) is 13.8. The summed E-state index contributed by atoms with van der Waals surface area (Å²) in [6.45, 7) is 2.18. The number of rotatable bonds is 5. The number of nitrogens with zero attached hydrogens (tertiary/aromatic N) is 1. The lowest BCUT2D eigenvalue weighted by Gasteiger charge is -2.17. The van der Waals surface area contributed by atoms with Crippen molar-refractivity contribution in [3.05, 3.63) is 59.9 Å². The van der Waals surface area contributed by atoms with Gasteiger partial charge in [-0.15, -0.1) is 0 Å². The first-order valence-corrected chi connectivity index (χ1v) is 9.46. The van der Waals surface area contributed by atoms with Crippen molar-refractivity contribution in [1.82, 2.24) is 4.72 Å². The lowest BCUT2D eigenvalue weighted by atomic mass is 10.1. The van der Waals surface area contributed by atoms with E-state index in [0.717, 1.165) is 11.8 Å². The number of sulfonamides is 1. The topological polar surface area (TPSA) is 66.5 Å². The standard InChI is InChI=1S/C18H19FN2O3S/c1-13-9-15(19)7-8-17(13)25(23,24)20-11-14-10-18(22)21(12-14)16-5-3-2-4-6-16/h2-9,14,20H,10-12H2,1H3. The van der Waals surface area contributed by atoms with E-state index in [4.69, 9.17) is 0 Å². The fourth-order valence-electron chi connectivity index (χ4n) is 3.00. The smallest absolute Gasteiger partial charge is 0.240 e. The highest BCUT2D eigenvalue weighted by Gasteiger charge is 2.31. The Morgan fingerprint density at radius 2 is 1.92 bits per heavy atom. The molecule has 0 aliphatic carbocycles. The van der Waals surface area contributed by atoms with Crippen LogP contribution in [0, 0.1) is 18.7 Å². The lowest BCUT2D eigenvalue weighted by Crippen LogP contribution is -2.31. The Morgan fingerprint density at radius 3 is 2.60 bits per heavy atom. The van der Waals surface area contributed by atoms with E-state index >= 15 is 0 Å². The van der Waals surface area contributed by atoms with Crippen molar-refractivity contribution >= 4 is 21.6 Å². The summed E-state index contributed by atoms with van der Waals surface area (Å²) in [4.78, 5) is 13.9. The van der Waals surface area contributed by atoms with E-state index in [9.17, 15) is 17.6 Å². The van der Waals surface area contributed by atoms with Gasteiger partial charge in [-0.25, -0.2) is 17.5 Å². The van der Waals surface area contributed by atoms with Gasteiger partial charge in [-0.05, 0) is 48.7 Å². The van der Waals surface area contributed by atoms with E-state index < -0.39 is 15.8 Å². The first-order chi connectivity index (χ1) is 11.9. The van der Waals surface area contributed by atoms with Gasteiger partial charge in [0.2, 0.25) is 15.9 Å². The molecule has 1 atom stereocenters. The Hall–Kier alpha value is -2.25. The zero-order chi connectivity index (χ0) is 18.0. The molecule has 5 nitrogen and oxygen atoms in total. The van der Waals surface area contributed by atoms with Crippen molar-refractivity contribution in [2.75, 3.05) is 18.0 Å². The van der Waals surface area contributed by atoms with Crippen LogP contribution < -0.4 is 9.62 Å². The number of amides is 1. The molecule has 1 N–H and O–H groups in total. The normalized spacial score (nSPS) is 17.9. The molecule has 0 aromatic heterocycles. The third-order valence-corrected chi connectivity index (χ3v) is 5.85. The van der Waals surface area contributed by atoms with Gasteiger partial charge in [0.15, 0.2) is 0 Å². The highest BCUT2D eigenvalue weighted by atomic mass is 32.2. The first kappa shape index (κ1) is 17.6. The number of nitrogens with one attached hydrogen (secondary N) is 1. The average molecular weight is 362 g/mol. The third-order valence-electron chi connectivity index (χ3n) is 4.26. The minimum Gasteiger partial charge on any atom is -0.312 e. The van der Waals surface area contributed by atoms with Gasteiger partial charge >= 0.3 is 0 Å². The molecule has 1 aliphatic heterocycles. The van der Waals surface area contributed by atoms with Gasteiger partial charge in [0.05, 0.1) is 4.90 Å². The monoisotopic (exact) mass is 362 g/mol. The van der Waals surface area contributed by atoms with E-state index in [2.05, 4.69) is 4.72 Å². The van der Waals surface area contributed by atoms with Crippen molar-refractivity contribution in [3.8, 4) is 0 Å². The summed E-state index contributed by atoms with van der Waals surface area (Å²) in [7, 11) is -3.74. The Morgan fingerprint density at radius 1 is 1.20 bits per heavy atom. The molecule has 1 unspecified atom stereocenters. The summed E-state index contributed by atoms with van der Waals surface area (Å²) in [6, 6.07) is 12.9. The lowest BCUT2D eigenvalue weighted by molar-refractivity contribution is -0.117. The molecular weight excluding hydrogens is 343 g/mol. The van der Waals surface area contributed by atoms with Crippen LogP contribution in [0.2, 0.25) is 0 Å². The Bertz CT molecular complexity index is 884. The SMILES string of the molecule is Cc1cc(F)ccc1S(=O)(=O)NCC1CC(=O)N(c2ccccc2)C1. The fourth-order valence-corrected chi connectivity index (χ4v) is 4.34. The molecule has 1 saturated heterocycles. The minimum absolute atomic E-state index is 0.0200. The molecule has 0 bridgehead atoms. The Balaban J connectivity index is 1.67. The predicted octanol–water partition coefficient (Wildman–Crippen LogP) is 2.47. The van der Waals surface area contributed by atoms with Crippen LogP contribution in [-0.4, -0.2) is 27.4 Å². The number of anilines is 1. The average Bonchev–Trinajstić information content (AvgIpc) is 2.94. The van der Waals surface area contributed by atoms with E-state index in [0.29, 0.717) is 18.5 Å². The number of benzene rings is 2. The maximum absolute atomic E-state index is 13.2. The highest BCUT2D eigenvalue weighted by Crippen LogP contribution is 2.25. The second-order valence-corrected chi connectivity index (χ2v) is 7.91. The second kappa shape index (κ2) is 6.93. The van der Waals surface area contributed by atoms with Crippen LogP contribution in [0.15, 0.2) is 53.4 Å². The maximum atomic E-state index is 13.2. The number of carbonyl (C=O) groups excluding carboxylic acids is 1. The largest absolute Gasteiger partial charge is 0.312 e. The number of aryl methyl sites for hydroxylation is 1. The summed E-state index contributed by atoms with van der Waals surface area (Å²) in [6.07, 6.45) is 0.291. The van der Waals surface area contributed by atoms with Crippen LogP contribution in [0.25, 0.3) is 0 Å². The molecular formula is C18H19FN2O3S. The minimum atomic E-state index is -3.74. The molecule has 132 valence electrons. The number of halogens is 1. The van der Waals surface area contributed by atoms with Crippen LogP contribution in [0.1, 0.15) is 12.0 Å². The van der Waals surface area contributed by atoms with E-state index in [1.807, 2.05) is 30.3 Å². The number of hydrogen-bond acceptors (Lipinski definition) is 3. The summed E-state index contributed by atoms with van der Waals surface area (Å²) in [5, 5.41) is 0. The van der Waals surface area contributed by atoms with Gasteiger partial charge in [0.25, 0.3) is 0 Å². The molecule has 1 heterocycles. The highest BCUT2D eigenvalue weighted by molar-refractivity contribution is 7.89. The number of para-hydroxylation sites is 1. The van der Waals surface area contributed by atoms with Crippen molar-refractivity contribution < 1.29 is 17.6 Å². The van der Waals surface area contributed by atoms with Crippen LogP contribution in [0.5, 0.6) is 0 Å². The zero-order valence-corrected chi connectivity index (χ0v) is 14.6. The second-order valence-electron chi connectivity index (χ2n) is 6.17. The van der Waals surface area contributed by atoms with Crippen LogP contribution >= 0.6 is 0 Å². The summed E-state index contributed by atoms with van der Waals surface area (Å²) < 4.78 is 40.5. The number of hydrogen-bond donors (Lipinski definition) is 1. The van der Waals surface area contributed by atoms with Gasteiger partial charge < -0.3 is 4.90 Å². The summed E-state index contributed by atoms with van der Waals surface area (Å²) in [5.41, 5.74) is 1.16. The van der Waals surface area contributed by atoms with Crippen molar-refractivity contribution in [2.24, 2.45) is 5.92 Å². The van der Waals surface area contributed by atoms with Crippen molar-refractivity contribution in [3.63, 3.8) is 0 Å². The molecule has 2 aromatic carbocycles. The molecule has 25 heavy (non-hydrogen) atoms. The van der Waals surface area contributed by atoms with E-state index in [-0.39, 0.29) is 23.3 Å². The van der Waals surface area contributed by atoms with Crippen LogP contribution in [-0.2, 0) is 14.8 Å². The van der Waals surface area contributed by atoms with Gasteiger partial charge in [-0.3, -0.25) is 4.79 Å². The molecule has 2 aromatic rings. The summed E-state index contributed by atoms with van der Waals surface area (Å²) in [5.74, 6) is -0.604. The molecule has 3 rings (SSSR count). The van der Waals surface area contributed by atoms with Crippen molar-refractivity contribution in [1.29, 1.82) is 0 Å².